The molecule has 0 radical (unpaired) electrons. The van der Waals surface area contributed by atoms with Gasteiger partial charge in [0.1, 0.15) is 29.4 Å². The maximum Gasteiger partial charge on any atom is 0.339 e. The van der Waals surface area contributed by atoms with E-state index in [1.54, 1.807) is 24.3 Å². The van der Waals surface area contributed by atoms with Gasteiger partial charge >= 0.3 is 5.97 Å². The van der Waals surface area contributed by atoms with Crippen LogP contribution in [-0.2, 0) is 13.0 Å². The van der Waals surface area contributed by atoms with Crippen molar-refractivity contribution < 1.29 is 29.2 Å². The van der Waals surface area contributed by atoms with Crippen LogP contribution in [0, 0.1) is 5.92 Å². The minimum Gasteiger partial charge on any atom is -0.496 e. The molecule has 7 nitrogen and oxygen atoms in total. The number of aromatic carboxylic acids is 1. The predicted octanol–water partition coefficient (Wildman–Crippen LogP) is 4.81. The van der Waals surface area contributed by atoms with E-state index in [0.717, 1.165) is 22.2 Å². The number of aliphatic hydroxyl groups is 1. The van der Waals surface area contributed by atoms with E-state index in [1.807, 2.05) is 48.5 Å². The van der Waals surface area contributed by atoms with Crippen LogP contribution in [0.4, 0.5) is 0 Å². The van der Waals surface area contributed by atoms with Crippen molar-refractivity contribution in [1.29, 1.82) is 0 Å². The monoisotopic (exact) mass is 471 g/mol. The minimum atomic E-state index is -1.06. The van der Waals surface area contributed by atoms with E-state index in [9.17, 15) is 15.0 Å². The summed E-state index contributed by atoms with van der Waals surface area (Å²) < 4.78 is 17.0. The van der Waals surface area contributed by atoms with Gasteiger partial charge in [-0.25, -0.2) is 9.78 Å². The summed E-state index contributed by atoms with van der Waals surface area (Å²) in [6.45, 7) is 0.623. The molecule has 1 aromatic heterocycles. The molecule has 1 aliphatic rings. The smallest absolute Gasteiger partial charge is 0.339 e. The highest BCUT2D eigenvalue weighted by Crippen LogP contribution is 2.39. The molecular weight excluding hydrogens is 446 g/mol. The van der Waals surface area contributed by atoms with Gasteiger partial charge in [0.15, 0.2) is 0 Å². The number of benzene rings is 3. The van der Waals surface area contributed by atoms with Gasteiger partial charge in [0, 0.05) is 16.9 Å². The molecule has 4 aromatic rings. The first-order valence-electron chi connectivity index (χ1n) is 11.3. The van der Waals surface area contributed by atoms with Gasteiger partial charge in [0.2, 0.25) is 0 Å². The first-order valence-corrected chi connectivity index (χ1v) is 11.3. The predicted molar refractivity (Wildman–Crippen MR) is 130 cm³/mol. The molecule has 0 aliphatic carbocycles. The Labute approximate surface area is 202 Å². The number of nitrogens with zero attached hydrogens (tertiary/aromatic N) is 1. The van der Waals surface area contributed by atoms with Crippen molar-refractivity contribution in [3.8, 4) is 17.2 Å². The molecular formula is C28H25NO6. The van der Waals surface area contributed by atoms with Gasteiger partial charge in [-0.2, -0.15) is 0 Å². The summed E-state index contributed by atoms with van der Waals surface area (Å²) in [4.78, 5) is 16.2. The summed E-state index contributed by atoms with van der Waals surface area (Å²) in [5, 5.41) is 21.6. The van der Waals surface area contributed by atoms with Gasteiger partial charge < -0.3 is 24.4 Å². The zero-order chi connectivity index (χ0) is 24.4. The molecule has 0 bridgehead atoms. The van der Waals surface area contributed by atoms with Crippen LogP contribution in [0.15, 0.2) is 72.8 Å². The van der Waals surface area contributed by atoms with Crippen molar-refractivity contribution in [2.75, 3.05) is 13.7 Å². The van der Waals surface area contributed by atoms with Crippen LogP contribution in [0.3, 0.4) is 0 Å². The summed E-state index contributed by atoms with van der Waals surface area (Å²) in [5.41, 5.74) is 3.25. The third-order valence-corrected chi connectivity index (χ3v) is 6.23. The van der Waals surface area contributed by atoms with Gasteiger partial charge in [-0.15, -0.1) is 0 Å². The summed E-state index contributed by atoms with van der Waals surface area (Å²) in [7, 11) is 1.44. The molecule has 7 heteroatoms. The van der Waals surface area contributed by atoms with E-state index in [1.165, 1.54) is 7.11 Å². The van der Waals surface area contributed by atoms with Crippen molar-refractivity contribution in [3.63, 3.8) is 0 Å². The Hall–Kier alpha value is -4.10. The zero-order valence-electron chi connectivity index (χ0n) is 19.2. The molecule has 0 saturated carbocycles. The van der Waals surface area contributed by atoms with E-state index in [0.29, 0.717) is 42.4 Å². The Morgan fingerprint density at radius 2 is 1.94 bits per heavy atom. The normalized spacial score (nSPS) is 16.9. The van der Waals surface area contributed by atoms with E-state index >= 15 is 0 Å². The Balaban J connectivity index is 1.30. The number of ether oxygens (including phenoxy) is 3. The van der Waals surface area contributed by atoms with E-state index in [-0.39, 0.29) is 11.5 Å². The molecule has 0 amide bonds. The third kappa shape index (κ3) is 4.76. The zero-order valence-corrected chi connectivity index (χ0v) is 19.2. The van der Waals surface area contributed by atoms with Crippen LogP contribution in [-0.4, -0.2) is 34.9 Å². The second-order valence-corrected chi connectivity index (χ2v) is 8.54. The average Bonchev–Trinajstić information content (AvgIpc) is 2.89. The molecule has 35 heavy (non-hydrogen) atoms. The maximum absolute atomic E-state index is 11.5. The number of aliphatic hydroxyl groups excluding tert-OH is 1. The molecule has 0 spiro atoms. The second kappa shape index (κ2) is 9.64. The number of pyridine rings is 1. The lowest BCUT2D eigenvalue weighted by Crippen LogP contribution is -2.27. The van der Waals surface area contributed by atoms with E-state index in [4.69, 9.17) is 14.2 Å². The Kier molecular flexibility index (Phi) is 6.25. The lowest BCUT2D eigenvalue weighted by atomic mass is 9.87. The summed E-state index contributed by atoms with van der Waals surface area (Å²) >= 11 is 0. The highest BCUT2D eigenvalue weighted by molar-refractivity contribution is 5.91. The number of rotatable bonds is 7. The number of hydrogen-bond acceptors (Lipinski definition) is 6. The Bertz CT molecular complexity index is 1390. The van der Waals surface area contributed by atoms with Crippen LogP contribution in [0.2, 0.25) is 0 Å². The average molecular weight is 472 g/mol. The molecule has 3 aromatic carbocycles. The first-order chi connectivity index (χ1) is 17.0. The first kappa shape index (κ1) is 22.7. The largest absolute Gasteiger partial charge is 0.496 e. The molecule has 1 aliphatic heterocycles. The fourth-order valence-electron chi connectivity index (χ4n) is 4.39. The maximum atomic E-state index is 11.5. The number of para-hydroxylation sites is 1. The van der Waals surface area contributed by atoms with Crippen molar-refractivity contribution in [1.82, 2.24) is 4.98 Å². The van der Waals surface area contributed by atoms with Gasteiger partial charge in [0.05, 0.1) is 31.0 Å². The van der Waals surface area contributed by atoms with E-state index in [2.05, 4.69) is 4.98 Å². The van der Waals surface area contributed by atoms with Gasteiger partial charge in [-0.05, 0) is 54.4 Å². The van der Waals surface area contributed by atoms with Crippen molar-refractivity contribution >= 4 is 16.9 Å². The molecule has 2 atom stereocenters. The molecule has 2 heterocycles. The van der Waals surface area contributed by atoms with Gasteiger partial charge in [-0.3, -0.25) is 0 Å². The van der Waals surface area contributed by atoms with Crippen LogP contribution in [0.25, 0.3) is 10.9 Å². The standard InChI is InChI=1S/C28H25NO6/c1-33-25-10-6-17(13-23(25)28(31)32)12-19-15-35-26-11-9-21(14-22(26)27(19)30)34-16-20-8-7-18-4-2-3-5-24(18)29-20/h2-11,13-14,19,27,30H,12,15-16H2,1H3,(H,31,32)/t19-,27+/m0/s1. The van der Waals surface area contributed by atoms with Crippen LogP contribution < -0.4 is 14.2 Å². The van der Waals surface area contributed by atoms with E-state index < -0.39 is 12.1 Å². The number of methoxy groups -OCH3 is 1. The molecule has 0 saturated heterocycles. The summed E-state index contributed by atoms with van der Waals surface area (Å²) in [6, 6.07) is 22.3. The lowest BCUT2D eigenvalue weighted by Gasteiger charge is -2.31. The minimum absolute atomic E-state index is 0.0922. The fraction of sp³-hybridized carbons (Fsp3) is 0.214. The molecule has 5 rings (SSSR count). The molecule has 178 valence electrons. The third-order valence-electron chi connectivity index (χ3n) is 6.23. The number of hydrogen-bond donors (Lipinski definition) is 2. The van der Waals surface area contributed by atoms with Gasteiger partial charge in [0.25, 0.3) is 0 Å². The number of aromatic nitrogens is 1. The topological polar surface area (TPSA) is 98.1 Å². The summed E-state index contributed by atoms with van der Waals surface area (Å²) in [5.74, 6) is 0.229. The van der Waals surface area contributed by atoms with Crippen molar-refractivity contribution in [2.24, 2.45) is 5.92 Å². The Morgan fingerprint density at radius 3 is 2.77 bits per heavy atom. The van der Waals surface area contributed by atoms with Crippen LogP contribution >= 0.6 is 0 Å². The second-order valence-electron chi connectivity index (χ2n) is 8.54. The van der Waals surface area contributed by atoms with Crippen LogP contribution in [0.5, 0.6) is 17.2 Å². The molecule has 2 N–H and O–H groups in total. The van der Waals surface area contributed by atoms with Crippen molar-refractivity contribution in [3.05, 3.63) is 95.2 Å². The quantitative estimate of drug-likeness (QED) is 0.399. The lowest BCUT2D eigenvalue weighted by molar-refractivity contribution is 0.0504. The number of carboxylic acid groups (broad SMARTS) is 1. The molecule has 0 unspecified atom stereocenters. The fourth-order valence-corrected chi connectivity index (χ4v) is 4.39. The highest BCUT2D eigenvalue weighted by Gasteiger charge is 2.30. The van der Waals surface area contributed by atoms with Gasteiger partial charge in [-0.1, -0.05) is 30.3 Å². The SMILES string of the molecule is COc1ccc(C[C@H]2COc3ccc(OCc4ccc5ccccc5n4)cc3[C@@H]2O)cc1C(=O)O. The van der Waals surface area contributed by atoms with Crippen LogP contribution in [0.1, 0.15) is 33.3 Å². The summed E-state index contributed by atoms with van der Waals surface area (Å²) in [6.07, 6.45) is -0.326. The highest BCUT2D eigenvalue weighted by atomic mass is 16.5. The number of carbonyl (C=O) groups is 1. The van der Waals surface area contributed by atoms with Crippen molar-refractivity contribution in [2.45, 2.75) is 19.1 Å². The molecule has 0 fully saturated rings. The Morgan fingerprint density at radius 1 is 1.09 bits per heavy atom. The number of fused-ring (bicyclic) bond motifs is 2. The number of carboxylic acids is 1.